The highest BCUT2D eigenvalue weighted by atomic mass is 16.2. The highest BCUT2D eigenvalue weighted by molar-refractivity contribution is 5.74. The molecule has 0 unspecified atom stereocenters. The van der Waals surface area contributed by atoms with Gasteiger partial charge in [0.05, 0.1) is 6.54 Å². The molecule has 1 aliphatic heterocycles. The minimum absolute atomic E-state index is 0.0444. The van der Waals surface area contributed by atoms with Gasteiger partial charge in [-0.2, -0.15) is 10.2 Å². The van der Waals surface area contributed by atoms with Crippen LogP contribution in [0, 0.1) is 6.92 Å². The van der Waals surface area contributed by atoms with E-state index in [-0.39, 0.29) is 11.9 Å². The number of rotatable bonds is 4. The smallest absolute Gasteiger partial charge is 0.317 e. The first-order valence-electron chi connectivity index (χ1n) is 7.46. The Balaban J connectivity index is 1.49. The van der Waals surface area contributed by atoms with Gasteiger partial charge in [-0.25, -0.2) is 14.8 Å². The van der Waals surface area contributed by atoms with Gasteiger partial charge in [-0.1, -0.05) is 0 Å². The Morgan fingerprint density at radius 2 is 2.45 bits per heavy atom. The van der Waals surface area contributed by atoms with Crippen molar-refractivity contribution in [2.75, 3.05) is 19.6 Å². The SMILES string of the molecule is Cc1nc([C@@H]2CCCN(C(=O)NCCn3cncn3)C2)n[nH]1. The van der Waals surface area contributed by atoms with Crippen molar-refractivity contribution in [2.45, 2.75) is 32.2 Å². The Labute approximate surface area is 128 Å². The average Bonchev–Trinajstić information content (AvgIpc) is 3.19. The lowest BCUT2D eigenvalue weighted by atomic mass is 9.98. The molecule has 0 aromatic carbocycles. The van der Waals surface area contributed by atoms with Crippen LogP contribution in [0.2, 0.25) is 0 Å². The lowest BCUT2D eigenvalue weighted by molar-refractivity contribution is 0.178. The van der Waals surface area contributed by atoms with Gasteiger partial charge in [0.1, 0.15) is 18.5 Å². The van der Waals surface area contributed by atoms with Crippen LogP contribution in [0.15, 0.2) is 12.7 Å². The minimum Gasteiger partial charge on any atom is -0.336 e. The van der Waals surface area contributed by atoms with Crippen LogP contribution < -0.4 is 5.32 Å². The first-order valence-corrected chi connectivity index (χ1v) is 7.46. The molecule has 2 N–H and O–H groups in total. The largest absolute Gasteiger partial charge is 0.336 e. The van der Waals surface area contributed by atoms with Crippen LogP contribution >= 0.6 is 0 Å². The third kappa shape index (κ3) is 3.41. The zero-order chi connectivity index (χ0) is 15.4. The van der Waals surface area contributed by atoms with E-state index in [2.05, 4.69) is 30.6 Å². The Morgan fingerprint density at radius 1 is 1.55 bits per heavy atom. The second-order valence-corrected chi connectivity index (χ2v) is 5.45. The molecule has 1 saturated heterocycles. The summed E-state index contributed by atoms with van der Waals surface area (Å²) >= 11 is 0. The van der Waals surface area contributed by atoms with E-state index >= 15 is 0 Å². The molecule has 2 aromatic rings. The zero-order valence-corrected chi connectivity index (χ0v) is 12.6. The predicted octanol–water partition coefficient (Wildman–Crippen LogP) is 0.294. The van der Waals surface area contributed by atoms with E-state index in [4.69, 9.17) is 0 Å². The molecule has 0 saturated carbocycles. The molecule has 0 spiro atoms. The van der Waals surface area contributed by atoms with Gasteiger partial charge in [-0.3, -0.25) is 9.78 Å². The van der Waals surface area contributed by atoms with Crippen molar-refractivity contribution < 1.29 is 4.79 Å². The number of carbonyl (C=O) groups excluding carboxylic acids is 1. The quantitative estimate of drug-likeness (QED) is 0.845. The van der Waals surface area contributed by atoms with Crippen LogP contribution in [0.3, 0.4) is 0 Å². The second kappa shape index (κ2) is 6.54. The zero-order valence-electron chi connectivity index (χ0n) is 12.6. The van der Waals surface area contributed by atoms with Crippen molar-refractivity contribution >= 4 is 6.03 Å². The van der Waals surface area contributed by atoms with Crippen LogP contribution in [0.25, 0.3) is 0 Å². The van der Waals surface area contributed by atoms with Crippen LogP contribution in [-0.2, 0) is 6.54 Å². The van der Waals surface area contributed by atoms with Crippen LogP contribution in [0.1, 0.15) is 30.4 Å². The molecular formula is C13H20N8O. The molecule has 118 valence electrons. The van der Waals surface area contributed by atoms with Crippen molar-refractivity contribution in [2.24, 2.45) is 0 Å². The number of hydrogen-bond donors (Lipinski definition) is 2. The van der Waals surface area contributed by atoms with Crippen molar-refractivity contribution in [1.82, 2.24) is 40.2 Å². The van der Waals surface area contributed by atoms with Gasteiger partial charge in [0.25, 0.3) is 0 Å². The summed E-state index contributed by atoms with van der Waals surface area (Å²) in [4.78, 5) is 22.3. The van der Waals surface area contributed by atoms with E-state index in [9.17, 15) is 4.79 Å². The summed E-state index contributed by atoms with van der Waals surface area (Å²) in [5, 5.41) is 14.0. The monoisotopic (exact) mass is 304 g/mol. The van der Waals surface area contributed by atoms with Crippen molar-refractivity contribution in [1.29, 1.82) is 0 Å². The number of aromatic amines is 1. The van der Waals surface area contributed by atoms with Gasteiger partial charge >= 0.3 is 6.03 Å². The fourth-order valence-electron chi connectivity index (χ4n) is 2.65. The fourth-order valence-corrected chi connectivity index (χ4v) is 2.65. The van der Waals surface area contributed by atoms with E-state index in [0.29, 0.717) is 19.6 Å². The molecule has 0 radical (unpaired) electrons. The van der Waals surface area contributed by atoms with Crippen molar-refractivity contribution in [3.8, 4) is 0 Å². The Bertz CT molecular complexity index is 607. The van der Waals surface area contributed by atoms with E-state index < -0.39 is 0 Å². The Morgan fingerprint density at radius 3 is 3.18 bits per heavy atom. The summed E-state index contributed by atoms with van der Waals surface area (Å²) in [5.41, 5.74) is 0. The topological polar surface area (TPSA) is 105 Å². The molecule has 9 heteroatoms. The predicted molar refractivity (Wildman–Crippen MR) is 78.1 cm³/mol. The molecule has 9 nitrogen and oxygen atoms in total. The maximum atomic E-state index is 12.2. The number of urea groups is 1. The maximum absolute atomic E-state index is 12.2. The van der Waals surface area contributed by atoms with Gasteiger partial charge in [0.2, 0.25) is 0 Å². The Kier molecular flexibility index (Phi) is 4.31. The third-order valence-corrected chi connectivity index (χ3v) is 3.77. The summed E-state index contributed by atoms with van der Waals surface area (Å²) < 4.78 is 1.69. The van der Waals surface area contributed by atoms with Crippen LogP contribution in [0.5, 0.6) is 0 Å². The molecular weight excluding hydrogens is 284 g/mol. The summed E-state index contributed by atoms with van der Waals surface area (Å²) in [6, 6.07) is -0.0444. The number of aryl methyl sites for hydroxylation is 1. The maximum Gasteiger partial charge on any atom is 0.317 e. The number of hydrogen-bond acceptors (Lipinski definition) is 5. The van der Waals surface area contributed by atoms with Gasteiger partial charge in [0.15, 0.2) is 5.82 Å². The number of nitrogens with zero attached hydrogens (tertiary/aromatic N) is 6. The van der Waals surface area contributed by atoms with Crippen molar-refractivity contribution in [3.05, 3.63) is 24.3 Å². The number of amides is 2. The van der Waals surface area contributed by atoms with Gasteiger partial charge < -0.3 is 10.2 Å². The highest BCUT2D eigenvalue weighted by Gasteiger charge is 2.26. The first-order chi connectivity index (χ1) is 10.7. The molecule has 3 heterocycles. The molecule has 3 rings (SSSR count). The number of nitrogens with one attached hydrogen (secondary N) is 2. The van der Waals surface area contributed by atoms with E-state index in [1.165, 1.54) is 6.33 Å². The van der Waals surface area contributed by atoms with Crippen LogP contribution in [-0.4, -0.2) is 60.5 Å². The molecule has 2 amide bonds. The molecule has 0 bridgehead atoms. The second-order valence-electron chi connectivity index (χ2n) is 5.45. The number of piperidine rings is 1. The van der Waals surface area contributed by atoms with E-state index in [0.717, 1.165) is 31.0 Å². The molecule has 0 aliphatic carbocycles. The van der Waals surface area contributed by atoms with Gasteiger partial charge in [0, 0.05) is 25.6 Å². The molecule has 2 aromatic heterocycles. The van der Waals surface area contributed by atoms with E-state index in [1.807, 2.05) is 11.8 Å². The lowest BCUT2D eigenvalue weighted by Gasteiger charge is -2.31. The van der Waals surface area contributed by atoms with Crippen molar-refractivity contribution in [3.63, 3.8) is 0 Å². The van der Waals surface area contributed by atoms with E-state index in [1.54, 1.807) is 11.0 Å². The number of carbonyl (C=O) groups is 1. The minimum atomic E-state index is -0.0444. The molecule has 22 heavy (non-hydrogen) atoms. The van der Waals surface area contributed by atoms with Gasteiger partial charge in [-0.15, -0.1) is 0 Å². The number of likely N-dealkylation sites (tertiary alicyclic amines) is 1. The average molecular weight is 304 g/mol. The summed E-state index contributed by atoms with van der Waals surface area (Å²) in [6.07, 6.45) is 5.10. The normalized spacial score (nSPS) is 18.4. The fraction of sp³-hybridized carbons (Fsp3) is 0.615. The lowest BCUT2D eigenvalue weighted by Crippen LogP contribution is -2.45. The standard InChI is InChI=1S/C13H20N8O/c1-10-17-12(19-18-10)11-3-2-5-20(7-11)13(22)15-4-6-21-9-14-8-16-21/h8-9,11H,2-7H2,1H3,(H,15,22)(H,17,18,19)/t11-/m1/s1. The number of aromatic nitrogens is 6. The molecule has 1 aliphatic rings. The van der Waals surface area contributed by atoms with Crippen LogP contribution in [0.4, 0.5) is 4.79 Å². The third-order valence-electron chi connectivity index (χ3n) is 3.77. The van der Waals surface area contributed by atoms with Gasteiger partial charge in [-0.05, 0) is 19.8 Å². The Hall–Kier alpha value is -2.45. The molecule has 1 atom stereocenters. The first kappa shape index (κ1) is 14.5. The summed E-state index contributed by atoms with van der Waals surface area (Å²) in [7, 11) is 0. The summed E-state index contributed by atoms with van der Waals surface area (Å²) in [5.74, 6) is 1.82. The number of H-pyrrole nitrogens is 1. The summed E-state index contributed by atoms with van der Waals surface area (Å²) in [6.45, 7) is 4.46. The highest BCUT2D eigenvalue weighted by Crippen LogP contribution is 2.24. The molecule has 1 fully saturated rings.